The van der Waals surface area contributed by atoms with Gasteiger partial charge in [0.15, 0.2) is 12.4 Å². The maximum absolute atomic E-state index is 12.8. The second-order valence-corrected chi connectivity index (χ2v) is 6.53. The highest BCUT2D eigenvalue weighted by atomic mass is 35.5. The monoisotopic (exact) mass is 407 g/mol. The van der Waals surface area contributed by atoms with Crippen LogP contribution < -0.4 is 4.74 Å². The molecular weight excluding hydrogens is 393 g/mol. The van der Waals surface area contributed by atoms with Crippen molar-refractivity contribution in [2.24, 2.45) is 0 Å². The first-order valence-electron chi connectivity index (χ1n) is 8.03. The summed E-state index contributed by atoms with van der Waals surface area (Å²) in [7, 11) is 0. The Kier molecular flexibility index (Phi) is 5.88. The zero-order valence-electron chi connectivity index (χ0n) is 14.0. The molecule has 0 radical (unpaired) electrons. The number of carboxylic acid groups (broad SMARTS) is 1. The highest BCUT2D eigenvalue weighted by Gasteiger charge is 2.21. The molecule has 8 heteroatoms. The number of hydrogen-bond acceptors (Lipinski definition) is 4. The molecule has 27 heavy (non-hydrogen) atoms. The van der Waals surface area contributed by atoms with Gasteiger partial charge >= 0.3 is 5.97 Å². The van der Waals surface area contributed by atoms with Crippen LogP contribution in [0.3, 0.4) is 0 Å². The summed E-state index contributed by atoms with van der Waals surface area (Å²) in [6, 6.07) is 2.76. The third-order valence-electron chi connectivity index (χ3n) is 3.82. The number of hydrogen-bond donors (Lipinski definition) is 1. The highest BCUT2D eigenvalue weighted by Crippen LogP contribution is 2.35. The van der Waals surface area contributed by atoms with Crippen molar-refractivity contribution in [3.8, 4) is 5.75 Å². The van der Waals surface area contributed by atoms with Gasteiger partial charge in [0, 0.05) is 11.8 Å². The van der Waals surface area contributed by atoms with Gasteiger partial charge in [-0.2, -0.15) is 0 Å². The topological polar surface area (TPSA) is 76.1 Å². The fourth-order valence-electron chi connectivity index (χ4n) is 2.57. The summed E-state index contributed by atoms with van der Waals surface area (Å²) in [4.78, 5) is 24.8. The average Bonchev–Trinajstić information content (AvgIpc) is 2.67. The number of aliphatic carboxylic acids is 1. The Morgan fingerprint density at radius 3 is 2.63 bits per heavy atom. The molecule has 0 aromatic heterocycles. The first-order chi connectivity index (χ1) is 13.0. The third-order valence-corrected chi connectivity index (χ3v) is 4.38. The average molecular weight is 408 g/mol. The molecule has 1 aliphatic heterocycles. The molecule has 1 heterocycles. The second kappa shape index (κ2) is 8.33. The zero-order chi connectivity index (χ0) is 19.4. The molecule has 1 amide bonds. The van der Waals surface area contributed by atoms with E-state index in [0.29, 0.717) is 5.76 Å². The normalized spacial score (nSPS) is 15.7. The van der Waals surface area contributed by atoms with E-state index in [1.54, 1.807) is 6.20 Å². The molecule has 0 saturated carbocycles. The fraction of sp³-hybridized carbons (Fsp3) is 0.158. The molecule has 6 nitrogen and oxygen atoms in total. The van der Waals surface area contributed by atoms with E-state index in [4.69, 9.17) is 37.8 Å². The Labute approximate surface area is 165 Å². The molecule has 1 aromatic rings. The van der Waals surface area contributed by atoms with E-state index >= 15 is 0 Å². The van der Waals surface area contributed by atoms with Crippen LogP contribution in [0.2, 0.25) is 10.0 Å². The lowest BCUT2D eigenvalue weighted by Gasteiger charge is -2.22. The number of rotatable bonds is 5. The minimum Gasteiger partial charge on any atom is -0.479 e. The summed E-state index contributed by atoms with van der Waals surface area (Å²) >= 11 is 12.2. The van der Waals surface area contributed by atoms with Crippen LogP contribution in [0.25, 0.3) is 0 Å². The van der Waals surface area contributed by atoms with E-state index in [2.05, 4.69) is 6.08 Å². The first-order valence-corrected chi connectivity index (χ1v) is 8.79. The fourth-order valence-corrected chi connectivity index (χ4v) is 3.16. The molecule has 0 fully saturated rings. The van der Waals surface area contributed by atoms with Gasteiger partial charge in [-0.05, 0) is 30.5 Å². The zero-order valence-corrected chi connectivity index (χ0v) is 15.5. The van der Waals surface area contributed by atoms with Gasteiger partial charge in [-0.3, -0.25) is 9.69 Å². The summed E-state index contributed by atoms with van der Waals surface area (Å²) in [5, 5.41) is 8.79. The van der Waals surface area contributed by atoms with Gasteiger partial charge in [0.2, 0.25) is 0 Å². The van der Waals surface area contributed by atoms with Crippen molar-refractivity contribution in [1.82, 2.24) is 4.90 Å². The summed E-state index contributed by atoms with van der Waals surface area (Å²) < 4.78 is 10.6. The quantitative estimate of drug-likeness (QED) is 0.776. The van der Waals surface area contributed by atoms with E-state index in [-0.39, 0.29) is 27.3 Å². The van der Waals surface area contributed by atoms with Crippen molar-refractivity contribution >= 4 is 35.1 Å². The smallest absolute Gasteiger partial charge is 0.341 e. The van der Waals surface area contributed by atoms with Crippen LogP contribution in [0.15, 0.2) is 60.4 Å². The molecule has 3 rings (SSSR count). The van der Waals surface area contributed by atoms with Crippen molar-refractivity contribution in [2.45, 2.75) is 12.8 Å². The van der Waals surface area contributed by atoms with Crippen molar-refractivity contribution in [3.05, 3.63) is 76.0 Å². The number of carbonyl (C=O) groups excluding carboxylic acids is 1. The maximum Gasteiger partial charge on any atom is 0.341 e. The summed E-state index contributed by atoms with van der Waals surface area (Å²) in [6.45, 7) is -0.589. The van der Waals surface area contributed by atoms with Gasteiger partial charge in [-0.15, -0.1) is 0 Å². The van der Waals surface area contributed by atoms with E-state index in [9.17, 15) is 9.59 Å². The lowest BCUT2D eigenvalue weighted by molar-refractivity contribution is -0.139. The standard InChI is InChI=1S/C19H15Cl2NO5/c20-14-8-13(9-15(21)18(14)27-11-17(23)24)19(25)22-6-7-26-16(10-22)12-4-2-1-3-5-12/h1-2,4,6-10H,3,5,11H2,(H,23,24). The van der Waals surface area contributed by atoms with E-state index in [1.807, 2.05) is 12.2 Å². The lowest BCUT2D eigenvalue weighted by atomic mass is 10.0. The van der Waals surface area contributed by atoms with Gasteiger partial charge in [0.1, 0.15) is 12.0 Å². The summed E-state index contributed by atoms with van der Waals surface area (Å²) in [5.74, 6) is -0.920. The van der Waals surface area contributed by atoms with Gasteiger partial charge in [-0.1, -0.05) is 41.4 Å². The van der Waals surface area contributed by atoms with Crippen molar-refractivity contribution in [1.29, 1.82) is 0 Å². The SMILES string of the molecule is O=C(O)COc1c(Cl)cc(C(=O)N2C=COC(C3=CC=CCC3)=C2)cc1Cl. The first kappa shape index (κ1) is 19.1. The molecule has 0 spiro atoms. The van der Waals surface area contributed by atoms with Gasteiger partial charge < -0.3 is 14.6 Å². The predicted molar refractivity (Wildman–Crippen MR) is 101 cm³/mol. The van der Waals surface area contributed by atoms with Crippen LogP contribution in [-0.2, 0) is 9.53 Å². The van der Waals surface area contributed by atoms with Crippen LogP contribution in [-0.4, -0.2) is 28.5 Å². The second-order valence-electron chi connectivity index (χ2n) is 5.72. The number of allylic oxidation sites excluding steroid dienone is 4. The molecule has 140 valence electrons. The molecule has 0 saturated heterocycles. The van der Waals surface area contributed by atoms with Crippen LogP contribution in [0.4, 0.5) is 0 Å². The Balaban J connectivity index is 1.82. The van der Waals surface area contributed by atoms with E-state index in [1.165, 1.54) is 29.5 Å². The molecule has 0 atom stereocenters. The Morgan fingerprint density at radius 2 is 2.00 bits per heavy atom. The molecule has 1 N–H and O–H groups in total. The number of nitrogens with zero attached hydrogens (tertiary/aromatic N) is 1. The van der Waals surface area contributed by atoms with Gasteiger partial charge in [0.25, 0.3) is 5.91 Å². The third kappa shape index (κ3) is 4.53. The van der Waals surface area contributed by atoms with Gasteiger partial charge in [0.05, 0.1) is 16.2 Å². The van der Waals surface area contributed by atoms with Crippen LogP contribution in [0, 0.1) is 0 Å². The molecule has 0 unspecified atom stereocenters. The number of benzene rings is 1. The molecule has 0 bridgehead atoms. The van der Waals surface area contributed by atoms with Crippen molar-refractivity contribution in [2.75, 3.05) is 6.61 Å². The molecule has 1 aliphatic carbocycles. The molecule has 2 aliphatic rings. The van der Waals surface area contributed by atoms with E-state index in [0.717, 1.165) is 18.4 Å². The lowest BCUT2D eigenvalue weighted by Crippen LogP contribution is -2.23. The number of carbonyl (C=O) groups is 2. The van der Waals surface area contributed by atoms with Crippen LogP contribution >= 0.6 is 23.2 Å². The predicted octanol–water partition coefficient (Wildman–Crippen LogP) is 4.52. The van der Waals surface area contributed by atoms with Crippen LogP contribution in [0.5, 0.6) is 5.75 Å². The Hall–Kier alpha value is -2.70. The van der Waals surface area contributed by atoms with Crippen molar-refractivity contribution in [3.63, 3.8) is 0 Å². The number of carboxylic acids is 1. The van der Waals surface area contributed by atoms with E-state index < -0.39 is 12.6 Å². The van der Waals surface area contributed by atoms with Crippen molar-refractivity contribution < 1.29 is 24.2 Å². The number of amides is 1. The van der Waals surface area contributed by atoms with Gasteiger partial charge in [-0.25, -0.2) is 4.79 Å². The summed E-state index contributed by atoms with van der Waals surface area (Å²) in [6.07, 6.45) is 12.2. The maximum atomic E-state index is 12.8. The molecular formula is C19H15Cl2NO5. The number of ether oxygens (including phenoxy) is 2. The number of halogens is 2. The van der Waals surface area contributed by atoms with Crippen LogP contribution in [0.1, 0.15) is 23.2 Å². The highest BCUT2D eigenvalue weighted by molar-refractivity contribution is 6.37. The minimum atomic E-state index is -1.16. The summed E-state index contributed by atoms with van der Waals surface area (Å²) in [5.41, 5.74) is 1.22. The minimum absolute atomic E-state index is 0.0187. The Morgan fingerprint density at radius 1 is 1.26 bits per heavy atom. The largest absolute Gasteiger partial charge is 0.479 e. The molecule has 1 aromatic carbocycles. The Bertz CT molecular complexity index is 878.